The number of aliphatic carboxylic acids is 1. The van der Waals surface area contributed by atoms with Crippen LogP contribution in [0, 0.1) is 0 Å². The van der Waals surface area contributed by atoms with Crippen molar-refractivity contribution in [1.29, 1.82) is 0 Å². The summed E-state index contributed by atoms with van der Waals surface area (Å²) in [6.45, 7) is 0. The minimum absolute atomic E-state index is 0.183. The largest absolute Gasteiger partial charge is 0.478 e. The number of benzene rings is 4. The lowest BCUT2D eigenvalue weighted by Crippen LogP contribution is -2.14. The Labute approximate surface area is 236 Å². The number of nitrogens with two attached hydrogens (primary N) is 1. The van der Waals surface area contributed by atoms with Crippen LogP contribution in [0.15, 0.2) is 102 Å². The van der Waals surface area contributed by atoms with E-state index in [1.54, 1.807) is 0 Å². The molecule has 0 radical (unpaired) electrons. The molecule has 3 aliphatic rings. The van der Waals surface area contributed by atoms with E-state index in [1.807, 2.05) is 60.7 Å². The first-order valence-electron chi connectivity index (χ1n) is 13.1. The van der Waals surface area contributed by atoms with E-state index in [1.165, 1.54) is 17.4 Å². The molecule has 0 saturated carbocycles. The molecule has 7 rings (SSSR count). The van der Waals surface area contributed by atoms with Crippen molar-refractivity contribution in [2.45, 2.75) is 25.7 Å². The fourth-order valence-corrected chi connectivity index (χ4v) is 5.86. The van der Waals surface area contributed by atoms with Gasteiger partial charge in [0.05, 0.1) is 5.57 Å². The Hall–Kier alpha value is -4.61. The number of rotatable bonds is 2. The predicted octanol–water partition coefficient (Wildman–Crippen LogP) is 8.02. The van der Waals surface area contributed by atoms with Crippen LogP contribution in [0.25, 0.3) is 27.5 Å². The summed E-state index contributed by atoms with van der Waals surface area (Å²) in [5.41, 5.74) is 14.2. The summed E-state index contributed by atoms with van der Waals surface area (Å²) < 4.78 is 5.15. The molecular formula is C34H26ClNO4. The number of hydrogen-bond acceptors (Lipinski definition) is 4. The van der Waals surface area contributed by atoms with E-state index in [2.05, 4.69) is 24.3 Å². The lowest BCUT2D eigenvalue weighted by atomic mass is 9.77. The first-order chi connectivity index (χ1) is 19.4. The van der Waals surface area contributed by atoms with Crippen molar-refractivity contribution in [3.05, 3.63) is 124 Å². The predicted molar refractivity (Wildman–Crippen MR) is 160 cm³/mol. The number of para-hydroxylation sites is 1. The van der Waals surface area contributed by atoms with E-state index in [4.69, 9.17) is 27.2 Å². The molecule has 4 aromatic rings. The molecule has 0 spiro atoms. The van der Waals surface area contributed by atoms with Gasteiger partial charge in [-0.15, -0.1) is 0 Å². The van der Waals surface area contributed by atoms with Gasteiger partial charge in [0.2, 0.25) is 0 Å². The summed E-state index contributed by atoms with van der Waals surface area (Å²) in [5.74, 6) is 0.00438. The summed E-state index contributed by atoms with van der Waals surface area (Å²) in [5, 5.41) is 11.3. The number of Topliss-reactive ketones (excluding diaryl/α,β-unsaturated/α-hetero) is 1. The Balaban J connectivity index is 0.000000187. The van der Waals surface area contributed by atoms with Crippen LogP contribution in [-0.2, 0) is 11.2 Å². The minimum Gasteiger partial charge on any atom is -0.478 e. The smallest absolute Gasteiger partial charge is 0.335 e. The van der Waals surface area contributed by atoms with Crippen molar-refractivity contribution >= 4 is 45.4 Å². The van der Waals surface area contributed by atoms with E-state index in [0.717, 1.165) is 57.2 Å². The monoisotopic (exact) mass is 547 g/mol. The summed E-state index contributed by atoms with van der Waals surface area (Å²) in [4.78, 5) is 23.8. The molecular weight excluding hydrogens is 522 g/mol. The van der Waals surface area contributed by atoms with Crippen LogP contribution in [0.3, 0.4) is 0 Å². The second kappa shape index (κ2) is 10.5. The van der Waals surface area contributed by atoms with E-state index >= 15 is 0 Å². The number of carbonyl (C=O) groups is 2. The molecule has 1 heterocycles. The fraction of sp³-hybridized carbons (Fsp3) is 0.118. The molecule has 0 fully saturated rings. The second-order valence-corrected chi connectivity index (χ2v) is 10.5. The van der Waals surface area contributed by atoms with E-state index in [9.17, 15) is 9.59 Å². The highest BCUT2D eigenvalue weighted by atomic mass is 35.5. The van der Waals surface area contributed by atoms with Crippen molar-refractivity contribution in [3.8, 4) is 16.9 Å². The molecule has 0 aromatic heterocycles. The molecule has 4 aromatic carbocycles. The van der Waals surface area contributed by atoms with Crippen LogP contribution >= 0.6 is 11.6 Å². The van der Waals surface area contributed by atoms with Gasteiger partial charge in [-0.2, -0.15) is 0 Å². The maximum Gasteiger partial charge on any atom is 0.335 e. The van der Waals surface area contributed by atoms with E-state index in [0.29, 0.717) is 29.1 Å². The summed E-state index contributed by atoms with van der Waals surface area (Å²) in [6.07, 6.45) is 8.57. The van der Waals surface area contributed by atoms with Gasteiger partial charge in [0.25, 0.3) is 0 Å². The number of ketones is 1. The lowest BCUT2D eigenvalue weighted by molar-refractivity contribution is -0.132. The molecule has 0 unspecified atom stereocenters. The van der Waals surface area contributed by atoms with Gasteiger partial charge in [-0.3, -0.25) is 4.79 Å². The zero-order valence-corrected chi connectivity index (χ0v) is 22.4. The molecule has 198 valence electrons. The Morgan fingerprint density at radius 3 is 2.55 bits per heavy atom. The van der Waals surface area contributed by atoms with Gasteiger partial charge in [-0.1, -0.05) is 77.9 Å². The summed E-state index contributed by atoms with van der Waals surface area (Å²) in [6, 6.07) is 23.1. The summed E-state index contributed by atoms with van der Waals surface area (Å²) >= 11 is 6.50. The number of fused-ring (bicyclic) bond motifs is 5. The van der Waals surface area contributed by atoms with Crippen molar-refractivity contribution in [3.63, 3.8) is 0 Å². The Morgan fingerprint density at radius 2 is 1.73 bits per heavy atom. The average molecular weight is 548 g/mol. The van der Waals surface area contributed by atoms with Crippen LogP contribution in [0.1, 0.15) is 40.7 Å². The summed E-state index contributed by atoms with van der Waals surface area (Å²) in [7, 11) is 0. The zero-order valence-electron chi connectivity index (χ0n) is 21.6. The maximum atomic E-state index is 13.2. The average Bonchev–Trinajstić information content (AvgIpc) is 2.97. The number of allylic oxidation sites excluding steroid dienone is 4. The van der Waals surface area contributed by atoms with Crippen LogP contribution in [0.5, 0.6) is 5.75 Å². The van der Waals surface area contributed by atoms with Crippen molar-refractivity contribution in [2.24, 2.45) is 0 Å². The highest BCUT2D eigenvalue weighted by molar-refractivity contribution is 6.34. The highest BCUT2D eigenvalue weighted by Crippen LogP contribution is 2.44. The van der Waals surface area contributed by atoms with Gasteiger partial charge in [-0.25, -0.2) is 4.79 Å². The van der Waals surface area contributed by atoms with Crippen LogP contribution in [0.4, 0.5) is 5.69 Å². The molecule has 0 saturated heterocycles. The Bertz CT molecular complexity index is 1800. The number of carbonyl (C=O) groups excluding carboxylic acids is 1. The van der Waals surface area contributed by atoms with Crippen LogP contribution in [-0.4, -0.2) is 16.9 Å². The molecule has 3 N–H and O–H groups in total. The normalized spacial score (nSPS) is 15.2. The fourth-order valence-electron chi connectivity index (χ4n) is 5.63. The quantitative estimate of drug-likeness (QED) is 0.248. The van der Waals surface area contributed by atoms with Crippen molar-refractivity contribution in [1.82, 2.24) is 0 Å². The lowest BCUT2D eigenvalue weighted by Gasteiger charge is -2.25. The van der Waals surface area contributed by atoms with E-state index < -0.39 is 5.97 Å². The molecule has 0 amide bonds. The number of carboxylic acid groups (broad SMARTS) is 1. The molecule has 40 heavy (non-hydrogen) atoms. The molecule has 2 aliphatic carbocycles. The maximum absolute atomic E-state index is 13.2. The first kappa shape index (κ1) is 25.7. The van der Waals surface area contributed by atoms with Gasteiger partial charge < -0.3 is 15.6 Å². The van der Waals surface area contributed by atoms with E-state index in [-0.39, 0.29) is 5.78 Å². The first-order valence-corrected chi connectivity index (χ1v) is 13.5. The topological polar surface area (TPSA) is 89.6 Å². The molecule has 0 atom stereocenters. The third kappa shape index (κ3) is 4.69. The zero-order chi connectivity index (χ0) is 27.8. The molecule has 5 nitrogen and oxygen atoms in total. The number of anilines is 1. The minimum atomic E-state index is -0.922. The molecule has 6 heteroatoms. The van der Waals surface area contributed by atoms with Gasteiger partial charge in [0, 0.05) is 40.1 Å². The third-order valence-electron chi connectivity index (χ3n) is 7.48. The van der Waals surface area contributed by atoms with Crippen LogP contribution in [0.2, 0.25) is 5.02 Å². The van der Waals surface area contributed by atoms with Gasteiger partial charge in [0.1, 0.15) is 12.0 Å². The van der Waals surface area contributed by atoms with Gasteiger partial charge >= 0.3 is 5.97 Å². The molecule has 1 aliphatic heterocycles. The number of ether oxygens (including phenoxy) is 1. The Kier molecular flexibility index (Phi) is 6.74. The van der Waals surface area contributed by atoms with Crippen molar-refractivity contribution < 1.29 is 19.4 Å². The number of halogens is 1. The van der Waals surface area contributed by atoms with Gasteiger partial charge in [0.15, 0.2) is 5.78 Å². The van der Waals surface area contributed by atoms with Gasteiger partial charge in [-0.05, 0) is 64.8 Å². The SMILES string of the molecule is Nc1cc(-c2ccccc2Cl)c2c3c(ccc2c1)C1=C(CCC=C1)CC3=O.O=C(O)C1=COc2ccccc2C1. The van der Waals surface area contributed by atoms with Crippen LogP contribution < -0.4 is 10.5 Å². The number of carboxylic acids is 1. The number of nitrogen functional groups attached to an aromatic ring is 1. The molecule has 0 bridgehead atoms. The second-order valence-electron chi connectivity index (χ2n) is 10.0. The number of hydrogen-bond donors (Lipinski definition) is 2. The standard InChI is InChI=1S/C24H18ClNO.C10H8O3/c25-21-8-4-3-7-18(21)20-13-16(26)11-15-9-10-19-17-6-2-1-5-14(17)12-22(27)24(19)23(15)20;11-10(12)8-5-7-3-1-2-4-9(7)13-6-8/h2-4,6-11,13H,1,5,12,26H2;1-4,6H,5H2,(H,11,12). The third-order valence-corrected chi connectivity index (χ3v) is 7.81. The highest BCUT2D eigenvalue weighted by Gasteiger charge is 2.28. The Morgan fingerprint density at radius 1 is 0.925 bits per heavy atom. The van der Waals surface area contributed by atoms with Crippen molar-refractivity contribution in [2.75, 3.05) is 5.73 Å².